The Balaban J connectivity index is 1.72. The lowest BCUT2D eigenvalue weighted by atomic mass is 9.96. The number of Topliss-reactive ketones (excluding diaryl/α,β-unsaturated/α-hetero) is 1. The highest BCUT2D eigenvalue weighted by atomic mass is 16.5. The number of anilines is 1. The van der Waals surface area contributed by atoms with Crippen molar-refractivity contribution in [1.82, 2.24) is 0 Å². The highest BCUT2D eigenvalue weighted by Gasteiger charge is 2.21. The van der Waals surface area contributed by atoms with Crippen molar-refractivity contribution in [2.75, 3.05) is 5.32 Å². The van der Waals surface area contributed by atoms with Crippen LogP contribution in [0.4, 0.5) is 5.69 Å². The Morgan fingerprint density at radius 1 is 1.16 bits per heavy atom. The van der Waals surface area contributed by atoms with Crippen LogP contribution in [0.1, 0.15) is 37.7 Å². The molecule has 1 amide bonds. The van der Waals surface area contributed by atoms with Gasteiger partial charge in [0.15, 0.2) is 0 Å². The van der Waals surface area contributed by atoms with Crippen LogP contribution in [0.3, 0.4) is 0 Å². The number of fused-ring (bicyclic) bond motifs is 1. The lowest BCUT2D eigenvalue weighted by Gasteiger charge is -2.23. The van der Waals surface area contributed by atoms with Crippen LogP contribution in [0.25, 0.3) is 0 Å². The fraction of sp³-hybridized carbons (Fsp3) is 0.467. The number of hydrogen-bond donors (Lipinski definition) is 1. The van der Waals surface area contributed by atoms with E-state index in [0.717, 1.165) is 36.3 Å². The lowest BCUT2D eigenvalue weighted by Crippen LogP contribution is -2.25. The molecule has 0 bridgehead atoms. The van der Waals surface area contributed by atoms with Crippen molar-refractivity contribution in [3.8, 4) is 5.75 Å². The van der Waals surface area contributed by atoms with E-state index in [1.54, 1.807) is 0 Å². The summed E-state index contributed by atoms with van der Waals surface area (Å²) >= 11 is 0. The van der Waals surface area contributed by atoms with Crippen molar-refractivity contribution in [2.24, 2.45) is 0 Å². The average molecular weight is 259 g/mol. The van der Waals surface area contributed by atoms with E-state index in [-0.39, 0.29) is 12.0 Å². The monoisotopic (exact) mass is 259 g/mol. The fourth-order valence-corrected chi connectivity index (χ4v) is 2.71. The number of ether oxygens (including phenoxy) is 1. The maximum absolute atomic E-state index is 11.4. The molecule has 1 saturated carbocycles. The molecule has 1 heterocycles. The minimum atomic E-state index is 0.0116. The van der Waals surface area contributed by atoms with Crippen LogP contribution in [-0.4, -0.2) is 17.8 Å². The molecule has 1 aliphatic carbocycles. The van der Waals surface area contributed by atoms with Gasteiger partial charge in [0.2, 0.25) is 5.91 Å². The molecule has 19 heavy (non-hydrogen) atoms. The number of ketones is 1. The molecule has 1 aromatic rings. The molecule has 1 fully saturated rings. The predicted molar refractivity (Wildman–Crippen MR) is 71.3 cm³/mol. The van der Waals surface area contributed by atoms with Gasteiger partial charge >= 0.3 is 0 Å². The number of benzene rings is 1. The number of nitrogens with one attached hydrogen (secondary N) is 1. The second-order valence-electron chi connectivity index (χ2n) is 5.24. The van der Waals surface area contributed by atoms with Gasteiger partial charge in [-0.2, -0.15) is 0 Å². The van der Waals surface area contributed by atoms with E-state index in [4.69, 9.17) is 4.74 Å². The zero-order valence-electron chi connectivity index (χ0n) is 10.8. The summed E-state index contributed by atoms with van der Waals surface area (Å²) in [6.45, 7) is 0. The van der Waals surface area contributed by atoms with Crippen LogP contribution in [-0.2, 0) is 16.0 Å². The van der Waals surface area contributed by atoms with Crippen molar-refractivity contribution in [1.29, 1.82) is 0 Å². The second kappa shape index (κ2) is 5.03. The molecule has 0 aromatic heterocycles. The van der Waals surface area contributed by atoms with Gasteiger partial charge in [-0.1, -0.05) is 0 Å². The Hall–Kier alpha value is -1.84. The topological polar surface area (TPSA) is 55.4 Å². The molecule has 1 aliphatic heterocycles. The first-order valence-corrected chi connectivity index (χ1v) is 6.82. The number of hydrogen-bond acceptors (Lipinski definition) is 3. The van der Waals surface area contributed by atoms with Crippen LogP contribution in [0.15, 0.2) is 18.2 Å². The van der Waals surface area contributed by atoms with Gasteiger partial charge in [0, 0.05) is 24.9 Å². The molecular formula is C15H17NO3. The van der Waals surface area contributed by atoms with Crippen molar-refractivity contribution in [3.63, 3.8) is 0 Å². The Labute approximate surface area is 112 Å². The van der Waals surface area contributed by atoms with Gasteiger partial charge in [-0.25, -0.2) is 0 Å². The third-order valence-corrected chi connectivity index (χ3v) is 3.71. The lowest BCUT2D eigenvalue weighted by molar-refractivity contribution is -0.122. The standard InChI is InChI=1S/C15H17NO3/c17-11-2-1-3-12(9-11)19-13-5-6-14-10(8-13)4-7-15(18)16-14/h5-6,8,12H,1-4,7,9H2,(H,16,18). The van der Waals surface area contributed by atoms with Gasteiger partial charge < -0.3 is 10.1 Å². The summed E-state index contributed by atoms with van der Waals surface area (Å²) in [5, 5.41) is 2.85. The third kappa shape index (κ3) is 2.78. The molecule has 100 valence electrons. The second-order valence-corrected chi connectivity index (χ2v) is 5.24. The van der Waals surface area contributed by atoms with E-state index in [2.05, 4.69) is 5.32 Å². The molecule has 1 atom stereocenters. The molecule has 1 unspecified atom stereocenters. The van der Waals surface area contributed by atoms with Gasteiger partial charge in [0.1, 0.15) is 17.6 Å². The molecule has 4 nitrogen and oxygen atoms in total. The minimum Gasteiger partial charge on any atom is -0.490 e. The van der Waals surface area contributed by atoms with E-state index in [1.165, 1.54) is 0 Å². The molecule has 1 aromatic carbocycles. The van der Waals surface area contributed by atoms with Gasteiger partial charge in [-0.15, -0.1) is 0 Å². The molecule has 0 radical (unpaired) electrons. The minimum absolute atomic E-state index is 0.0116. The average Bonchev–Trinajstić information content (AvgIpc) is 2.39. The van der Waals surface area contributed by atoms with Gasteiger partial charge in [-0.3, -0.25) is 9.59 Å². The number of amides is 1. The number of carbonyl (C=O) groups excluding carboxylic acids is 2. The number of aryl methyl sites for hydroxylation is 1. The summed E-state index contributed by atoms with van der Waals surface area (Å²) in [4.78, 5) is 22.7. The number of rotatable bonds is 2. The summed E-state index contributed by atoms with van der Waals surface area (Å²) in [6.07, 6.45) is 4.37. The Morgan fingerprint density at radius 2 is 2.05 bits per heavy atom. The summed E-state index contributed by atoms with van der Waals surface area (Å²) in [5.41, 5.74) is 1.99. The smallest absolute Gasteiger partial charge is 0.224 e. The van der Waals surface area contributed by atoms with Crippen LogP contribution in [0.5, 0.6) is 5.75 Å². The van der Waals surface area contributed by atoms with Crippen molar-refractivity contribution < 1.29 is 14.3 Å². The van der Waals surface area contributed by atoms with Crippen LogP contribution < -0.4 is 10.1 Å². The SMILES string of the molecule is O=C1CCCC(Oc2ccc3c(c2)CCC(=O)N3)C1. The van der Waals surface area contributed by atoms with Crippen LogP contribution in [0, 0.1) is 0 Å². The molecule has 3 rings (SSSR count). The molecule has 1 N–H and O–H groups in total. The normalized spacial score (nSPS) is 22.6. The quantitative estimate of drug-likeness (QED) is 0.887. The van der Waals surface area contributed by atoms with E-state index >= 15 is 0 Å². The highest BCUT2D eigenvalue weighted by Crippen LogP contribution is 2.29. The highest BCUT2D eigenvalue weighted by molar-refractivity contribution is 5.94. The Bertz CT molecular complexity index is 524. The van der Waals surface area contributed by atoms with E-state index < -0.39 is 0 Å². The largest absolute Gasteiger partial charge is 0.490 e. The van der Waals surface area contributed by atoms with Gasteiger partial charge in [0.25, 0.3) is 0 Å². The summed E-state index contributed by atoms with van der Waals surface area (Å²) in [6, 6.07) is 5.73. The summed E-state index contributed by atoms with van der Waals surface area (Å²) < 4.78 is 5.89. The third-order valence-electron chi connectivity index (χ3n) is 3.71. The maximum Gasteiger partial charge on any atom is 0.224 e. The first kappa shape index (κ1) is 12.2. The zero-order valence-corrected chi connectivity index (χ0v) is 10.8. The summed E-state index contributed by atoms with van der Waals surface area (Å²) in [5.74, 6) is 1.16. The first-order valence-electron chi connectivity index (χ1n) is 6.82. The van der Waals surface area contributed by atoms with Gasteiger partial charge in [-0.05, 0) is 43.0 Å². The van der Waals surface area contributed by atoms with E-state index in [9.17, 15) is 9.59 Å². The molecular weight excluding hydrogens is 242 g/mol. The van der Waals surface area contributed by atoms with Crippen molar-refractivity contribution in [2.45, 2.75) is 44.6 Å². The maximum atomic E-state index is 11.4. The molecule has 0 spiro atoms. The predicted octanol–water partition coefficient (Wildman–Crippen LogP) is 2.46. The van der Waals surface area contributed by atoms with E-state index in [0.29, 0.717) is 25.0 Å². The van der Waals surface area contributed by atoms with E-state index in [1.807, 2.05) is 18.2 Å². The van der Waals surface area contributed by atoms with Crippen LogP contribution >= 0.6 is 0 Å². The Kier molecular flexibility index (Phi) is 3.23. The van der Waals surface area contributed by atoms with Gasteiger partial charge in [0.05, 0.1) is 0 Å². The molecule has 0 saturated heterocycles. The fourth-order valence-electron chi connectivity index (χ4n) is 2.71. The molecule has 4 heteroatoms. The zero-order chi connectivity index (χ0) is 13.2. The van der Waals surface area contributed by atoms with Crippen molar-refractivity contribution >= 4 is 17.4 Å². The number of carbonyl (C=O) groups is 2. The Morgan fingerprint density at radius 3 is 2.89 bits per heavy atom. The van der Waals surface area contributed by atoms with Crippen molar-refractivity contribution in [3.05, 3.63) is 23.8 Å². The first-order chi connectivity index (χ1) is 9.20. The van der Waals surface area contributed by atoms with Crippen LogP contribution in [0.2, 0.25) is 0 Å². The summed E-state index contributed by atoms with van der Waals surface area (Å²) in [7, 11) is 0. The molecule has 2 aliphatic rings.